The van der Waals surface area contributed by atoms with Crippen LogP contribution in [0.15, 0.2) is 48.5 Å². The molecule has 0 atom stereocenters. The molecular weight excluding hydrogens is 402 g/mol. The highest BCUT2D eigenvalue weighted by Gasteiger charge is 2.22. The van der Waals surface area contributed by atoms with E-state index >= 15 is 0 Å². The number of nitrogens with zero attached hydrogens (tertiary/aromatic N) is 3. The lowest BCUT2D eigenvalue weighted by Crippen LogP contribution is -2.44. The first-order valence-corrected chi connectivity index (χ1v) is 10.8. The van der Waals surface area contributed by atoms with Gasteiger partial charge in [-0.2, -0.15) is 0 Å². The van der Waals surface area contributed by atoms with Crippen LogP contribution in [0.1, 0.15) is 0 Å². The number of carbonyl (C=O) groups is 1. The van der Waals surface area contributed by atoms with Gasteiger partial charge in [0.15, 0.2) is 11.7 Å². The Morgan fingerprint density at radius 3 is 2.73 bits per heavy atom. The number of para-hydroxylation sites is 1. The van der Waals surface area contributed by atoms with E-state index in [1.165, 1.54) is 11.3 Å². The molecule has 0 bridgehead atoms. The van der Waals surface area contributed by atoms with Crippen molar-refractivity contribution in [3.05, 3.63) is 48.5 Å². The Morgan fingerprint density at radius 1 is 1.17 bits per heavy atom. The fourth-order valence-corrected chi connectivity index (χ4v) is 4.26. The van der Waals surface area contributed by atoms with Crippen LogP contribution in [0.3, 0.4) is 0 Å². The minimum atomic E-state index is -0.113. The van der Waals surface area contributed by atoms with E-state index in [0.29, 0.717) is 17.4 Å². The lowest BCUT2D eigenvalue weighted by molar-refractivity contribution is -0.120. The van der Waals surface area contributed by atoms with Crippen molar-refractivity contribution in [1.29, 1.82) is 0 Å². The molecule has 1 aliphatic rings. The molecule has 0 spiro atoms. The number of anilines is 1. The number of fused-ring (bicyclic) bond motifs is 1. The lowest BCUT2D eigenvalue weighted by atomic mass is 10.3. The number of benzene rings is 2. The van der Waals surface area contributed by atoms with E-state index < -0.39 is 0 Å². The first-order valence-electron chi connectivity index (χ1n) is 9.96. The molecular formula is C22H25N3O4S. The van der Waals surface area contributed by atoms with Gasteiger partial charge in [0.2, 0.25) is 0 Å². The Morgan fingerprint density at radius 2 is 1.97 bits per heavy atom. The van der Waals surface area contributed by atoms with Crippen LogP contribution >= 0.6 is 11.3 Å². The molecule has 7 nitrogen and oxygen atoms in total. The number of carbonyl (C=O) groups excluding carboxylic acids is 1. The summed E-state index contributed by atoms with van der Waals surface area (Å²) in [6.07, 6.45) is 0. The van der Waals surface area contributed by atoms with Crippen LogP contribution < -0.4 is 14.4 Å². The molecule has 158 valence electrons. The number of amides is 1. The van der Waals surface area contributed by atoms with Gasteiger partial charge < -0.3 is 14.2 Å². The molecule has 0 aliphatic carbocycles. The molecule has 8 heteroatoms. The van der Waals surface area contributed by atoms with Crippen molar-refractivity contribution in [3.8, 4) is 11.5 Å². The van der Waals surface area contributed by atoms with Gasteiger partial charge in [-0.25, -0.2) is 4.98 Å². The maximum Gasteiger partial charge on any atom is 0.266 e. The molecule has 0 unspecified atom stereocenters. The first kappa shape index (κ1) is 20.6. The largest absolute Gasteiger partial charge is 0.497 e. The summed E-state index contributed by atoms with van der Waals surface area (Å²) in [5.74, 6) is 1.31. The van der Waals surface area contributed by atoms with Gasteiger partial charge >= 0.3 is 0 Å². The van der Waals surface area contributed by atoms with E-state index in [2.05, 4.69) is 4.90 Å². The van der Waals surface area contributed by atoms with E-state index in [1.807, 2.05) is 48.5 Å². The van der Waals surface area contributed by atoms with E-state index in [1.54, 1.807) is 12.0 Å². The summed E-state index contributed by atoms with van der Waals surface area (Å²) in [5, 5.41) is 0.674. The highest BCUT2D eigenvalue weighted by atomic mass is 32.1. The highest BCUT2D eigenvalue weighted by Crippen LogP contribution is 2.31. The Bertz CT molecular complexity index is 973. The van der Waals surface area contributed by atoms with Crippen LogP contribution in [-0.2, 0) is 9.53 Å². The van der Waals surface area contributed by atoms with Crippen molar-refractivity contribution in [3.63, 3.8) is 0 Å². The van der Waals surface area contributed by atoms with Gasteiger partial charge in [0.25, 0.3) is 5.91 Å². The number of aromatic nitrogens is 1. The van der Waals surface area contributed by atoms with Gasteiger partial charge in [0.1, 0.15) is 11.5 Å². The molecule has 1 fully saturated rings. The van der Waals surface area contributed by atoms with Crippen molar-refractivity contribution < 1.29 is 19.0 Å². The Labute approximate surface area is 179 Å². The molecule has 0 N–H and O–H groups in total. The molecule has 1 amide bonds. The Balaban J connectivity index is 1.51. The molecule has 0 saturated carbocycles. The minimum Gasteiger partial charge on any atom is -0.497 e. The number of ether oxygens (including phenoxy) is 3. The zero-order valence-electron chi connectivity index (χ0n) is 17.0. The Hall–Kier alpha value is -2.68. The van der Waals surface area contributed by atoms with Crippen molar-refractivity contribution in [2.24, 2.45) is 0 Å². The van der Waals surface area contributed by atoms with E-state index in [4.69, 9.17) is 19.2 Å². The van der Waals surface area contributed by atoms with E-state index in [-0.39, 0.29) is 12.5 Å². The fraction of sp³-hybridized carbons (Fsp3) is 0.364. The second-order valence-electron chi connectivity index (χ2n) is 6.93. The van der Waals surface area contributed by atoms with E-state index in [9.17, 15) is 4.79 Å². The van der Waals surface area contributed by atoms with Gasteiger partial charge in [-0.1, -0.05) is 29.5 Å². The number of rotatable bonds is 8. The molecule has 1 saturated heterocycles. The maximum atomic E-state index is 13.1. The summed E-state index contributed by atoms with van der Waals surface area (Å²) in [4.78, 5) is 21.8. The third kappa shape index (κ3) is 5.08. The zero-order valence-corrected chi connectivity index (χ0v) is 17.8. The van der Waals surface area contributed by atoms with Crippen LogP contribution in [0.2, 0.25) is 0 Å². The first-order chi connectivity index (χ1) is 14.7. The average molecular weight is 428 g/mol. The van der Waals surface area contributed by atoms with Crippen LogP contribution in [0, 0.1) is 0 Å². The number of morpholine rings is 1. The predicted octanol–water partition coefficient (Wildman–Crippen LogP) is 3.05. The van der Waals surface area contributed by atoms with Crippen molar-refractivity contribution >= 4 is 32.6 Å². The number of methoxy groups -OCH3 is 1. The minimum absolute atomic E-state index is 0.0353. The van der Waals surface area contributed by atoms with Crippen LogP contribution in [0.25, 0.3) is 10.2 Å². The van der Waals surface area contributed by atoms with Crippen LogP contribution in [-0.4, -0.2) is 68.9 Å². The predicted molar refractivity (Wildman–Crippen MR) is 118 cm³/mol. The second-order valence-corrected chi connectivity index (χ2v) is 7.94. The van der Waals surface area contributed by atoms with E-state index in [0.717, 1.165) is 48.8 Å². The van der Waals surface area contributed by atoms with Crippen molar-refractivity contribution in [2.45, 2.75) is 0 Å². The second kappa shape index (κ2) is 9.88. The smallest absolute Gasteiger partial charge is 0.266 e. The molecule has 1 aromatic heterocycles. The quantitative estimate of drug-likeness (QED) is 0.551. The fourth-order valence-electron chi connectivity index (χ4n) is 3.27. The third-order valence-corrected chi connectivity index (χ3v) is 6.02. The maximum absolute atomic E-state index is 13.1. The number of hydrogen-bond acceptors (Lipinski definition) is 7. The van der Waals surface area contributed by atoms with Crippen molar-refractivity contribution in [1.82, 2.24) is 9.88 Å². The normalized spacial score (nSPS) is 14.6. The van der Waals surface area contributed by atoms with Crippen LogP contribution in [0.5, 0.6) is 11.5 Å². The number of thiazole rings is 1. The molecule has 1 aliphatic heterocycles. The average Bonchev–Trinajstić information content (AvgIpc) is 3.22. The number of hydrogen-bond donors (Lipinski definition) is 0. The highest BCUT2D eigenvalue weighted by molar-refractivity contribution is 7.22. The summed E-state index contributed by atoms with van der Waals surface area (Å²) < 4.78 is 17.4. The summed E-state index contributed by atoms with van der Waals surface area (Å²) in [6, 6.07) is 15.1. The van der Waals surface area contributed by atoms with Gasteiger partial charge in [-0.15, -0.1) is 0 Å². The van der Waals surface area contributed by atoms with Crippen molar-refractivity contribution in [2.75, 3.05) is 58.0 Å². The molecule has 2 aromatic carbocycles. The topological polar surface area (TPSA) is 64.1 Å². The third-order valence-electron chi connectivity index (χ3n) is 4.96. The van der Waals surface area contributed by atoms with Gasteiger partial charge in [0, 0.05) is 32.2 Å². The molecule has 30 heavy (non-hydrogen) atoms. The SMILES string of the molecule is COc1ccc2sc(N(CCN3CCOCC3)C(=O)COc3ccccc3)nc2c1. The molecule has 4 rings (SSSR count). The lowest BCUT2D eigenvalue weighted by Gasteiger charge is -2.29. The summed E-state index contributed by atoms with van der Waals surface area (Å²) in [7, 11) is 1.63. The Kier molecular flexibility index (Phi) is 6.78. The van der Waals surface area contributed by atoms with Gasteiger partial charge in [0.05, 0.1) is 30.5 Å². The van der Waals surface area contributed by atoms with Gasteiger partial charge in [-0.05, 0) is 24.3 Å². The monoisotopic (exact) mass is 427 g/mol. The summed E-state index contributed by atoms with van der Waals surface area (Å²) >= 11 is 1.50. The standard InChI is InChI=1S/C22H25N3O4S/c1-27-18-7-8-20-19(15-18)23-22(30-20)25(10-9-24-11-13-28-14-12-24)21(26)16-29-17-5-3-2-4-6-17/h2-8,15H,9-14,16H2,1H3. The summed E-state index contributed by atoms with van der Waals surface area (Å²) in [5.41, 5.74) is 0.822. The molecule has 2 heterocycles. The van der Waals surface area contributed by atoms with Crippen LogP contribution in [0.4, 0.5) is 5.13 Å². The molecule has 0 radical (unpaired) electrons. The molecule has 3 aromatic rings. The summed E-state index contributed by atoms with van der Waals surface area (Å²) in [6.45, 7) is 4.48. The van der Waals surface area contributed by atoms with Gasteiger partial charge in [-0.3, -0.25) is 14.6 Å². The zero-order chi connectivity index (χ0) is 20.8.